The highest BCUT2D eigenvalue weighted by molar-refractivity contribution is 6.32. The van der Waals surface area contributed by atoms with E-state index in [0.717, 1.165) is 5.56 Å². The van der Waals surface area contributed by atoms with Gasteiger partial charge >= 0.3 is 0 Å². The lowest BCUT2D eigenvalue weighted by molar-refractivity contribution is 0.470. The van der Waals surface area contributed by atoms with Gasteiger partial charge in [-0.25, -0.2) is 4.39 Å². The van der Waals surface area contributed by atoms with Gasteiger partial charge in [-0.1, -0.05) is 29.8 Å². The van der Waals surface area contributed by atoms with Crippen LogP contribution < -0.4 is 10.5 Å². The Kier molecular flexibility index (Phi) is 3.84. The van der Waals surface area contributed by atoms with Crippen LogP contribution in [0.25, 0.3) is 0 Å². The highest BCUT2D eigenvalue weighted by Crippen LogP contribution is 2.33. The molecule has 0 unspecified atom stereocenters. The van der Waals surface area contributed by atoms with Crippen molar-refractivity contribution in [2.75, 3.05) is 0 Å². The first-order chi connectivity index (χ1) is 8.61. The predicted molar refractivity (Wildman–Crippen MR) is 70.6 cm³/mol. The summed E-state index contributed by atoms with van der Waals surface area (Å²) in [5, 5.41) is 0.457. The van der Waals surface area contributed by atoms with Crippen molar-refractivity contribution in [1.29, 1.82) is 0 Å². The minimum Gasteiger partial charge on any atom is -0.455 e. The van der Waals surface area contributed by atoms with Crippen molar-refractivity contribution >= 4 is 11.6 Å². The third-order valence-electron chi connectivity index (χ3n) is 2.63. The van der Waals surface area contributed by atoms with Crippen molar-refractivity contribution < 1.29 is 9.13 Å². The number of halogens is 2. The van der Waals surface area contributed by atoms with Crippen molar-refractivity contribution in [1.82, 2.24) is 0 Å². The second-order valence-electron chi connectivity index (χ2n) is 3.95. The normalized spacial score (nSPS) is 10.4. The molecule has 0 spiro atoms. The Labute approximate surface area is 110 Å². The van der Waals surface area contributed by atoms with Crippen LogP contribution in [0.4, 0.5) is 4.39 Å². The number of para-hydroxylation sites is 1. The predicted octanol–water partition coefficient (Wildman–Crippen LogP) is 4.04. The second kappa shape index (κ2) is 5.38. The first-order valence-corrected chi connectivity index (χ1v) is 5.91. The van der Waals surface area contributed by atoms with Gasteiger partial charge in [0.05, 0.1) is 5.02 Å². The molecule has 0 amide bonds. The fourth-order valence-electron chi connectivity index (χ4n) is 1.58. The fourth-order valence-corrected chi connectivity index (χ4v) is 1.82. The lowest BCUT2D eigenvalue weighted by atomic mass is 10.2. The zero-order valence-corrected chi connectivity index (χ0v) is 10.7. The van der Waals surface area contributed by atoms with Gasteiger partial charge in [0, 0.05) is 18.2 Å². The van der Waals surface area contributed by atoms with Crippen molar-refractivity contribution in [2.45, 2.75) is 13.5 Å². The van der Waals surface area contributed by atoms with Gasteiger partial charge in [0.2, 0.25) is 0 Å². The van der Waals surface area contributed by atoms with Crippen LogP contribution in [0.5, 0.6) is 11.5 Å². The molecule has 0 saturated carbocycles. The Morgan fingerprint density at radius 3 is 2.72 bits per heavy atom. The number of aryl methyl sites for hydroxylation is 1. The van der Waals surface area contributed by atoms with Crippen molar-refractivity contribution in [3.8, 4) is 11.5 Å². The minimum absolute atomic E-state index is 0.310. The Morgan fingerprint density at radius 1 is 1.28 bits per heavy atom. The van der Waals surface area contributed by atoms with E-state index in [-0.39, 0.29) is 5.82 Å². The van der Waals surface area contributed by atoms with Gasteiger partial charge in [-0.3, -0.25) is 0 Å². The highest BCUT2D eigenvalue weighted by atomic mass is 35.5. The number of nitrogens with two attached hydrogens (primary N) is 1. The molecule has 2 rings (SSSR count). The summed E-state index contributed by atoms with van der Waals surface area (Å²) in [5.41, 5.74) is 6.97. The summed E-state index contributed by atoms with van der Waals surface area (Å²) in [6.45, 7) is 2.00. The van der Waals surface area contributed by atoms with Gasteiger partial charge in [0.25, 0.3) is 0 Å². The highest BCUT2D eigenvalue weighted by Gasteiger charge is 2.09. The number of ether oxygens (including phenoxy) is 1. The van der Waals surface area contributed by atoms with Crippen LogP contribution in [-0.4, -0.2) is 0 Å². The Balaban J connectivity index is 2.36. The third kappa shape index (κ3) is 2.63. The van der Waals surface area contributed by atoms with Crippen molar-refractivity contribution in [3.63, 3.8) is 0 Å². The molecule has 0 aliphatic carbocycles. The lowest BCUT2D eigenvalue weighted by Crippen LogP contribution is -2.00. The van der Waals surface area contributed by atoms with Crippen LogP contribution in [0.3, 0.4) is 0 Å². The summed E-state index contributed by atoms with van der Waals surface area (Å²) in [6.07, 6.45) is 0. The molecule has 0 radical (unpaired) electrons. The van der Waals surface area contributed by atoms with E-state index in [1.807, 2.05) is 6.07 Å². The quantitative estimate of drug-likeness (QED) is 0.909. The summed E-state index contributed by atoms with van der Waals surface area (Å²) in [6, 6.07) is 10.0. The van der Waals surface area contributed by atoms with Gasteiger partial charge in [0.15, 0.2) is 0 Å². The average molecular weight is 266 g/mol. The number of rotatable bonds is 3. The lowest BCUT2D eigenvalue weighted by Gasteiger charge is -2.12. The van der Waals surface area contributed by atoms with E-state index >= 15 is 0 Å². The largest absolute Gasteiger partial charge is 0.455 e. The second-order valence-corrected chi connectivity index (χ2v) is 4.35. The molecule has 0 heterocycles. The van der Waals surface area contributed by atoms with Crippen LogP contribution in [0.2, 0.25) is 5.02 Å². The minimum atomic E-state index is -0.311. The zero-order chi connectivity index (χ0) is 13.1. The molecule has 2 aromatic rings. The zero-order valence-electron chi connectivity index (χ0n) is 9.91. The van der Waals surface area contributed by atoms with Gasteiger partial charge in [-0.15, -0.1) is 0 Å². The topological polar surface area (TPSA) is 35.2 Å². The number of hydrogen-bond acceptors (Lipinski definition) is 2. The molecule has 0 saturated heterocycles. The first kappa shape index (κ1) is 12.9. The van der Waals surface area contributed by atoms with Gasteiger partial charge < -0.3 is 10.5 Å². The molecule has 2 N–H and O–H groups in total. The van der Waals surface area contributed by atoms with Crippen molar-refractivity contribution in [2.24, 2.45) is 5.73 Å². The van der Waals surface area contributed by atoms with Gasteiger partial charge in [-0.05, 0) is 24.6 Å². The molecule has 0 aromatic heterocycles. The van der Waals surface area contributed by atoms with Gasteiger partial charge in [-0.2, -0.15) is 0 Å². The molecule has 18 heavy (non-hydrogen) atoms. The maximum Gasteiger partial charge on any atom is 0.150 e. The van der Waals surface area contributed by atoms with E-state index in [1.54, 1.807) is 31.2 Å². The molecule has 0 aliphatic heterocycles. The van der Waals surface area contributed by atoms with Crippen LogP contribution in [0.1, 0.15) is 11.1 Å². The smallest absolute Gasteiger partial charge is 0.150 e. The number of hydrogen-bond donors (Lipinski definition) is 1. The van der Waals surface area contributed by atoms with Crippen LogP contribution in [0.15, 0.2) is 36.4 Å². The molecule has 94 valence electrons. The molecule has 4 heteroatoms. The van der Waals surface area contributed by atoms with E-state index in [4.69, 9.17) is 22.1 Å². The maximum absolute atomic E-state index is 13.4. The molecule has 0 bridgehead atoms. The van der Waals surface area contributed by atoms with Crippen LogP contribution in [-0.2, 0) is 6.54 Å². The van der Waals surface area contributed by atoms with E-state index in [2.05, 4.69) is 0 Å². The molecular weight excluding hydrogens is 253 g/mol. The molecule has 2 aromatic carbocycles. The Hall–Kier alpha value is -1.58. The molecule has 0 aliphatic rings. The monoisotopic (exact) mass is 265 g/mol. The SMILES string of the molecule is Cc1ccc(Oc2c(Cl)cccc2CN)cc1F. The summed E-state index contributed by atoms with van der Waals surface area (Å²) in [7, 11) is 0. The Morgan fingerprint density at radius 2 is 2.06 bits per heavy atom. The van der Waals surface area contributed by atoms with E-state index in [0.29, 0.717) is 28.6 Å². The van der Waals surface area contributed by atoms with E-state index in [1.165, 1.54) is 6.07 Å². The maximum atomic E-state index is 13.4. The molecular formula is C14H13ClFNO. The fraction of sp³-hybridized carbons (Fsp3) is 0.143. The van der Waals surface area contributed by atoms with E-state index < -0.39 is 0 Å². The summed E-state index contributed by atoms with van der Waals surface area (Å²) < 4.78 is 19.0. The molecule has 0 atom stereocenters. The van der Waals surface area contributed by atoms with Crippen molar-refractivity contribution in [3.05, 3.63) is 58.4 Å². The van der Waals surface area contributed by atoms with Crippen LogP contribution in [0, 0.1) is 12.7 Å². The average Bonchev–Trinajstić information content (AvgIpc) is 2.36. The molecule has 2 nitrogen and oxygen atoms in total. The van der Waals surface area contributed by atoms with E-state index in [9.17, 15) is 4.39 Å². The van der Waals surface area contributed by atoms with Gasteiger partial charge in [0.1, 0.15) is 17.3 Å². The Bertz CT molecular complexity index is 572. The third-order valence-corrected chi connectivity index (χ3v) is 2.93. The summed E-state index contributed by atoms with van der Waals surface area (Å²) >= 11 is 6.05. The summed E-state index contributed by atoms with van der Waals surface area (Å²) in [5.74, 6) is 0.569. The first-order valence-electron chi connectivity index (χ1n) is 5.53. The number of benzene rings is 2. The van der Waals surface area contributed by atoms with Crippen LogP contribution >= 0.6 is 11.6 Å². The standard InChI is InChI=1S/C14H13ClFNO/c1-9-5-6-11(7-13(9)16)18-14-10(8-17)3-2-4-12(14)15/h2-7H,8,17H2,1H3. The summed E-state index contributed by atoms with van der Waals surface area (Å²) in [4.78, 5) is 0. The molecule has 0 fully saturated rings.